The minimum Gasteiger partial charge on any atom is -0.382 e. The van der Waals surface area contributed by atoms with Gasteiger partial charge in [0.05, 0.1) is 17.9 Å². The highest BCUT2D eigenvalue weighted by atomic mass is 16.5. The van der Waals surface area contributed by atoms with Gasteiger partial charge in [0.15, 0.2) is 0 Å². The molecule has 4 rings (SSSR count). The fourth-order valence-electron chi connectivity index (χ4n) is 3.75. The van der Waals surface area contributed by atoms with E-state index in [2.05, 4.69) is 15.3 Å². The van der Waals surface area contributed by atoms with Gasteiger partial charge in [-0.1, -0.05) is 5.21 Å². The molecule has 7 heteroatoms. The normalized spacial score (nSPS) is 20.0. The lowest BCUT2D eigenvalue weighted by atomic mass is 10.0. The fraction of sp³-hybridized carbons (Fsp3) is 0.611. The molecule has 0 aromatic carbocycles. The number of nitrogens with zero attached hydrogens (tertiary/aromatic N) is 4. The summed E-state index contributed by atoms with van der Waals surface area (Å²) in [4.78, 5) is 18.2. The van der Waals surface area contributed by atoms with Gasteiger partial charge in [0.25, 0.3) is 5.91 Å². The predicted octanol–water partition coefficient (Wildman–Crippen LogP) is 2.02. The molecule has 7 nitrogen and oxygen atoms in total. The highest BCUT2D eigenvalue weighted by molar-refractivity contribution is 5.96. The van der Waals surface area contributed by atoms with Crippen molar-refractivity contribution < 1.29 is 9.53 Å². The van der Waals surface area contributed by atoms with Gasteiger partial charge in [0.1, 0.15) is 11.7 Å². The molecule has 1 fully saturated rings. The molecule has 3 heterocycles. The molecule has 0 saturated heterocycles. The molecular weight excluding hydrogens is 318 g/mol. The van der Waals surface area contributed by atoms with Gasteiger partial charge in [0.2, 0.25) is 0 Å². The minimum atomic E-state index is -0.177. The second kappa shape index (κ2) is 6.29. The fourth-order valence-corrected chi connectivity index (χ4v) is 3.75. The highest BCUT2D eigenvalue weighted by Gasteiger charge is 2.36. The van der Waals surface area contributed by atoms with Gasteiger partial charge in [-0.25, -0.2) is 4.68 Å². The molecule has 0 radical (unpaired) electrons. The summed E-state index contributed by atoms with van der Waals surface area (Å²) in [5.74, 6) is 0.781. The maximum absolute atomic E-state index is 13.1. The summed E-state index contributed by atoms with van der Waals surface area (Å²) in [6.45, 7) is 5.96. The number of ether oxygens (including phenoxy) is 1. The molecule has 0 bridgehead atoms. The summed E-state index contributed by atoms with van der Waals surface area (Å²) in [5.41, 5.74) is 4.69. The smallest absolute Gasteiger partial charge is 0.256 e. The third-order valence-electron chi connectivity index (χ3n) is 5.24. The first kappa shape index (κ1) is 16.3. The number of H-pyrrole nitrogens is 1. The lowest BCUT2D eigenvalue weighted by Gasteiger charge is -2.34. The summed E-state index contributed by atoms with van der Waals surface area (Å²) >= 11 is 0. The zero-order valence-electron chi connectivity index (χ0n) is 15.1. The van der Waals surface area contributed by atoms with Crippen molar-refractivity contribution in [2.45, 2.75) is 45.7 Å². The lowest BCUT2D eigenvalue weighted by Crippen LogP contribution is -2.42. The van der Waals surface area contributed by atoms with Crippen LogP contribution in [0.4, 0.5) is 0 Å². The summed E-state index contributed by atoms with van der Waals surface area (Å²) < 4.78 is 7.46. The Hall–Kier alpha value is -2.15. The van der Waals surface area contributed by atoms with Gasteiger partial charge in [-0.15, -0.1) is 5.10 Å². The molecule has 0 spiro atoms. The van der Waals surface area contributed by atoms with E-state index in [1.165, 1.54) is 18.5 Å². The second-order valence-corrected chi connectivity index (χ2v) is 7.26. The van der Waals surface area contributed by atoms with E-state index in [0.717, 1.165) is 41.5 Å². The van der Waals surface area contributed by atoms with Crippen molar-refractivity contribution in [2.24, 2.45) is 5.92 Å². The topological polar surface area (TPSA) is 76.0 Å². The van der Waals surface area contributed by atoms with E-state index in [9.17, 15) is 4.79 Å². The average Bonchev–Trinajstić information content (AvgIpc) is 3.21. The Morgan fingerprint density at radius 1 is 1.40 bits per heavy atom. The van der Waals surface area contributed by atoms with Crippen LogP contribution >= 0.6 is 0 Å². The Kier molecular flexibility index (Phi) is 4.11. The van der Waals surface area contributed by atoms with E-state index in [-0.39, 0.29) is 11.9 Å². The molecule has 134 valence electrons. The van der Waals surface area contributed by atoms with Crippen LogP contribution in [0.5, 0.6) is 0 Å². The number of rotatable bonds is 5. The van der Waals surface area contributed by atoms with Crippen LogP contribution in [0.3, 0.4) is 0 Å². The quantitative estimate of drug-likeness (QED) is 0.901. The van der Waals surface area contributed by atoms with Gasteiger partial charge in [-0.05, 0) is 38.7 Å². The van der Waals surface area contributed by atoms with E-state index < -0.39 is 0 Å². The molecule has 2 aromatic rings. The first-order valence-corrected chi connectivity index (χ1v) is 8.97. The molecule has 1 N–H and O–H groups in total. The zero-order valence-corrected chi connectivity index (χ0v) is 15.1. The van der Waals surface area contributed by atoms with Gasteiger partial charge >= 0.3 is 0 Å². The molecule has 1 aliphatic heterocycles. The monoisotopic (exact) mass is 343 g/mol. The van der Waals surface area contributed by atoms with Crippen LogP contribution in [0.15, 0.2) is 6.07 Å². The second-order valence-electron chi connectivity index (χ2n) is 7.26. The third kappa shape index (κ3) is 2.97. The standard InChI is InChI=1S/C18H25N5O2/c1-11-8-14(12(2)19-11)18(24)22-7-6-15-17(16(22)10-25-3)20-21-23(15)9-13-4-5-13/h8,13,16,19H,4-7,9-10H2,1-3H3. The number of nitrogens with one attached hydrogen (secondary N) is 1. The molecule has 2 aromatic heterocycles. The van der Waals surface area contributed by atoms with Crippen LogP contribution in [-0.2, 0) is 17.7 Å². The Bertz CT molecular complexity index is 789. The highest BCUT2D eigenvalue weighted by Crippen LogP contribution is 2.34. The molecule has 1 amide bonds. The number of carbonyl (C=O) groups excluding carboxylic acids is 1. The summed E-state index contributed by atoms with van der Waals surface area (Å²) in [6.07, 6.45) is 3.36. The molecule has 1 saturated carbocycles. The number of aromatic nitrogens is 4. The number of carbonyl (C=O) groups is 1. The van der Waals surface area contributed by atoms with E-state index in [4.69, 9.17) is 4.74 Å². The van der Waals surface area contributed by atoms with Crippen LogP contribution < -0.4 is 0 Å². The van der Waals surface area contributed by atoms with Crippen molar-refractivity contribution in [1.29, 1.82) is 0 Å². The largest absolute Gasteiger partial charge is 0.382 e. The number of aryl methyl sites for hydroxylation is 2. The van der Waals surface area contributed by atoms with Crippen molar-refractivity contribution in [3.8, 4) is 0 Å². The number of hydrogen-bond acceptors (Lipinski definition) is 4. The summed E-state index contributed by atoms with van der Waals surface area (Å²) in [7, 11) is 1.66. The first-order valence-electron chi connectivity index (χ1n) is 8.97. The van der Waals surface area contributed by atoms with Crippen LogP contribution in [0.25, 0.3) is 0 Å². The lowest BCUT2D eigenvalue weighted by molar-refractivity contribution is 0.0489. The van der Waals surface area contributed by atoms with Crippen molar-refractivity contribution in [3.05, 3.63) is 34.4 Å². The maximum atomic E-state index is 13.1. The third-order valence-corrected chi connectivity index (χ3v) is 5.24. The number of hydrogen-bond donors (Lipinski definition) is 1. The van der Waals surface area contributed by atoms with Gasteiger partial charge in [0, 0.05) is 38.0 Å². The Balaban J connectivity index is 1.64. The minimum absolute atomic E-state index is 0.0336. The first-order chi connectivity index (χ1) is 12.1. The number of amides is 1. The van der Waals surface area contributed by atoms with Crippen LogP contribution in [0.1, 0.15) is 52.0 Å². The number of fused-ring (bicyclic) bond motifs is 1. The SMILES string of the molecule is COCC1c2nnn(CC3CC3)c2CCN1C(=O)c1cc(C)[nH]c1C. The number of methoxy groups -OCH3 is 1. The van der Waals surface area contributed by atoms with E-state index >= 15 is 0 Å². The van der Waals surface area contributed by atoms with Gasteiger partial charge < -0.3 is 14.6 Å². The van der Waals surface area contributed by atoms with Crippen LogP contribution in [0.2, 0.25) is 0 Å². The maximum Gasteiger partial charge on any atom is 0.256 e. The average molecular weight is 343 g/mol. The molecule has 25 heavy (non-hydrogen) atoms. The van der Waals surface area contributed by atoms with Crippen molar-refractivity contribution >= 4 is 5.91 Å². The molecular formula is C18H25N5O2. The van der Waals surface area contributed by atoms with Crippen LogP contribution in [-0.4, -0.2) is 51.0 Å². The Labute approximate surface area is 147 Å². The van der Waals surface area contributed by atoms with E-state index in [1.807, 2.05) is 29.5 Å². The number of aromatic amines is 1. The molecule has 1 atom stereocenters. The van der Waals surface area contributed by atoms with Crippen molar-refractivity contribution in [1.82, 2.24) is 24.9 Å². The van der Waals surface area contributed by atoms with E-state index in [1.54, 1.807) is 7.11 Å². The van der Waals surface area contributed by atoms with Crippen molar-refractivity contribution in [3.63, 3.8) is 0 Å². The van der Waals surface area contributed by atoms with Crippen LogP contribution in [0, 0.1) is 19.8 Å². The van der Waals surface area contributed by atoms with E-state index in [0.29, 0.717) is 13.2 Å². The molecule has 2 aliphatic rings. The van der Waals surface area contributed by atoms with Crippen molar-refractivity contribution in [2.75, 3.05) is 20.3 Å². The van der Waals surface area contributed by atoms with Gasteiger partial charge in [-0.2, -0.15) is 0 Å². The Morgan fingerprint density at radius 3 is 2.84 bits per heavy atom. The zero-order chi connectivity index (χ0) is 17.6. The Morgan fingerprint density at radius 2 is 2.20 bits per heavy atom. The van der Waals surface area contributed by atoms with Gasteiger partial charge in [-0.3, -0.25) is 4.79 Å². The summed E-state index contributed by atoms with van der Waals surface area (Å²) in [5, 5.41) is 8.79. The molecule has 1 aliphatic carbocycles. The molecule has 1 unspecified atom stereocenters. The predicted molar refractivity (Wildman–Crippen MR) is 92.4 cm³/mol. The summed E-state index contributed by atoms with van der Waals surface area (Å²) in [6, 6.07) is 1.74.